The van der Waals surface area contributed by atoms with Crippen molar-refractivity contribution in [3.05, 3.63) is 48.0 Å². The largest absolute Gasteiger partial charge is 0.373 e. The highest BCUT2D eigenvalue weighted by molar-refractivity contribution is 5.74. The number of ether oxygens (including phenoxy) is 1. The van der Waals surface area contributed by atoms with Crippen LogP contribution >= 0.6 is 0 Å². The molecule has 7 heteroatoms. The molecule has 1 fully saturated rings. The Morgan fingerprint density at radius 3 is 2.81 bits per heavy atom. The van der Waals surface area contributed by atoms with E-state index in [1.165, 1.54) is 0 Å². The van der Waals surface area contributed by atoms with Crippen LogP contribution in [0.5, 0.6) is 0 Å². The molecular formula is C19H27N5O2. The lowest BCUT2D eigenvalue weighted by Crippen LogP contribution is -2.46. The topological polar surface area (TPSA) is 72.3 Å². The monoisotopic (exact) mass is 357 g/mol. The van der Waals surface area contributed by atoms with Crippen LogP contribution in [-0.4, -0.2) is 44.9 Å². The zero-order valence-electron chi connectivity index (χ0n) is 15.5. The first-order valence-electron chi connectivity index (χ1n) is 9.20. The Morgan fingerprint density at radius 1 is 1.38 bits per heavy atom. The number of pyridine rings is 1. The van der Waals surface area contributed by atoms with Crippen molar-refractivity contribution in [3.8, 4) is 0 Å². The van der Waals surface area contributed by atoms with Gasteiger partial charge in [-0.05, 0) is 30.9 Å². The summed E-state index contributed by atoms with van der Waals surface area (Å²) in [4.78, 5) is 18.5. The number of rotatable bonds is 6. The van der Waals surface area contributed by atoms with E-state index < -0.39 is 0 Å². The first-order chi connectivity index (χ1) is 12.7. The SMILES string of the molecule is CCC(NC(=O)N1CCC(OCc2cccnc2)CC1)c1cnn(C)c1. The molecule has 3 rings (SSSR count). The molecule has 1 unspecified atom stereocenters. The fourth-order valence-corrected chi connectivity index (χ4v) is 3.20. The van der Waals surface area contributed by atoms with Crippen LogP contribution in [-0.2, 0) is 18.4 Å². The van der Waals surface area contributed by atoms with Gasteiger partial charge in [0.2, 0.25) is 0 Å². The van der Waals surface area contributed by atoms with Gasteiger partial charge in [0.15, 0.2) is 0 Å². The van der Waals surface area contributed by atoms with Gasteiger partial charge in [-0.2, -0.15) is 5.10 Å². The molecule has 0 saturated carbocycles. The zero-order chi connectivity index (χ0) is 18.4. The van der Waals surface area contributed by atoms with E-state index in [4.69, 9.17) is 4.74 Å². The summed E-state index contributed by atoms with van der Waals surface area (Å²) < 4.78 is 7.72. The van der Waals surface area contributed by atoms with E-state index in [0.717, 1.165) is 30.4 Å². The first kappa shape index (κ1) is 18.4. The van der Waals surface area contributed by atoms with Crippen LogP contribution in [0.1, 0.15) is 43.4 Å². The zero-order valence-corrected chi connectivity index (χ0v) is 15.5. The number of nitrogens with one attached hydrogen (secondary N) is 1. The molecule has 7 nitrogen and oxygen atoms in total. The molecule has 0 aromatic carbocycles. The van der Waals surface area contributed by atoms with Crippen molar-refractivity contribution in [1.29, 1.82) is 0 Å². The van der Waals surface area contributed by atoms with Gasteiger partial charge in [-0.3, -0.25) is 9.67 Å². The smallest absolute Gasteiger partial charge is 0.317 e. The minimum Gasteiger partial charge on any atom is -0.373 e. The number of piperidine rings is 1. The van der Waals surface area contributed by atoms with E-state index in [9.17, 15) is 4.79 Å². The maximum Gasteiger partial charge on any atom is 0.317 e. The lowest BCUT2D eigenvalue weighted by molar-refractivity contribution is 0.00417. The van der Waals surface area contributed by atoms with Crippen molar-refractivity contribution >= 4 is 6.03 Å². The van der Waals surface area contributed by atoms with Crippen LogP contribution in [0.2, 0.25) is 0 Å². The molecule has 140 valence electrons. The summed E-state index contributed by atoms with van der Waals surface area (Å²) in [6, 6.07) is 3.92. The number of amides is 2. The Hall–Kier alpha value is -2.41. The standard InChI is InChI=1S/C19H27N5O2/c1-3-18(16-12-21-23(2)13-16)22-19(25)24-9-6-17(7-10-24)26-14-15-5-4-8-20-11-15/h4-5,8,11-13,17-18H,3,6-7,9-10,14H2,1-2H3,(H,22,25). The molecule has 1 saturated heterocycles. The fourth-order valence-electron chi connectivity index (χ4n) is 3.20. The third-order valence-electron chi connectivity index (χ3n) is 4.77. The molecule has 2 aromatic heterocycles. The lowest BCUT2D eigenvalue weighted by Gasteiger charge is -2.33. The van der Waals surface area contributed by atoms with Gasteiger partial charge in [0.05, 0.1) is 24.9 Å². The van der Waals surface area contributed by atoms with Crippen molar-refractivity contribution in [2.75, 3.05) is 13.1 Å². The lowest BCUT2D eigenvalue weighted by atomic mass is 10.1. The predicted molar refractivity (Wildman–Crippen MR) is 98.4 cm³/mol. The highest BCUT2D eigenvalue weighted by Gasteiger charge is 2.25. The number of urea groups is 1. The molecule has 2 amide bonds. The number of nitrogens with zero attached hydrogens (tertiary/aromatic N) is 4. The Balaban J connectivity index is 1.44. The van der Waals surface area contributed by atoms with Crippen molar-refractivity contribution in [3.63, 3.8) is 0 Å². The Kier molecular flexibility index (Phi) is 6.22. The average molecular weight is 357 g/mol. The third-order valence-corrected chi connectivity index (χ3v) is 4.77. The van der Waals surface area contributed by atoms with E-state index in [-0.39, 0.29) is 18.2 Å². The summed E-state index contributed by atoms with van der Waals surface area (Å²) in [5.41, 5.74) is 2.12. The molecular weight excluding hydrogens is 330 g/mol. The quantitative estimate of drug-likeness (QED) is 0.863. The van der Waals surface area contributed by atoms with E-state index in [0.29, 0.717) is 19.7 Å². The van der Waals surface area contributed by atoms with Crippen molar-refractivity contribution in [2.24, 2.45) is 7.05 Å². The second-order valence-electron chi connectivity index (χ2n) is 6.72. The summed E-state index contributed by atoms with van der Waals surface area (Å²) in [6.07, 6.45) is 10.1. The van der Waals surface area contributed by atoms with Crippen LogP contribution in [0, 0.1) is 0 Å². The van der Waals surface area contributed by atoms with E-state index in [1.54, 1.807) is 10.9 Å². The Bertz CT molecular complexity index is 695. The number of aryl methyl sites for hydroxylation is 1. The Morgan fingerprint density at radius 2 is 2.19 bits per heavy atom. The summed E-state index contributed by atoms with van der Waals surface area (Å²) in [7, 11) is 1.88. The molecule has 0 bridgehead atoms. The number of likely N-dealkylation sites (tertiary alicyclic amines) is 1. The highest BCUT2D eigenvalue weighted by atomic mass is 16.5. The van der Waals surface area contributed by atoms with Crippen molar-refractivity contribution < 1.29 is 9.53 Å². The minimum atomic E-state index is -0.00795. The van der Waals surface area contributed by atoms with E-state index >= 15 is 0 Å². The number of carbonyl (C=O) groups excluding carboxylic acids is 1. The average Bonchev–Trinajstić information content (AvgIpc) is 3.11. The van der Waals surface area contributed by atoms with Crippen molar-refractivity contribution in [2.45, 2.75) is 44.9 Å². The molecule has 3 heterocycles. The summed E-state index contributed by atoms with van der Waals surface area (Å²) in [5, 5.41) is 7.31. The molecule has 0 spiro atoms. The molecule has 1 atom stereocenters. The maximum atomic E-state index is 12.6. The van der Waals surface area contributed by atoms with Crippen LogP contribution < -0.4 is 5.32 Å². The summed E-state index contributed by atoms with van der Waals surface area (Å²) >= 11 is 0. The van der Waals surface area contributed by atoms with Crippen LogP contribution in [0.25, 0.3) is 0 Å². The van der Waals surface area contributed by atoms with Gasteiger partial charge in [-0.1, -0.05) is 13.0 Å². The van der Waals surface area contributed by atoms with Gasteiger partial charge in [-0.15, -0.1) is 0 Å². The minimum absolute atomic E-state index is 0.00393. The molecule has 2 aromatic rings. The molecule has 1 aliphatic heterocycles. The van der Waals surface area contributed by atoms with Crippen LogP contribution in [0.3, 0.4) is 0 Å². The fraction of sp³-hybridized carbons (Fsp3) is 0.526. The van der Waals surface area contributed by atoms with E-state index in [2.05, 4.69) is 22.3 Å². The molecule has 0 aliphatic carbocycles. The number of carbonyl (C=O) groups is 1. The molecule has 1 aliphatic rings. The van der Waals surface area contributed by atoms with Gasteiger partial charge in [-0.25, -0.2) is 4.79 Å². The van der Waals surface area contributed by atoms with E-state index in [1.807, 2.05) is 42.7 Å². The second kappa shape index (κ2) is 8.80. The molecule has 26 heavy (non-hydrogen) atoms. The number of hydrogen-bond acceptors (Lipinski definition) is 4. The van der Waals surface area contributed by atoms with Crippen molar-refractivity contribution in [1.82, 2.24) is 25.0 Å². The number of aromatic nitrogens is 3. The van der Waals surface area contributed by atoms with Gasteiger partial charge >= 0.3 is 6.03 Å². The first-order valence-corrected chi connectivity index (χ1v) is 9.20. The maximum absolute atomic E-state index is 12.6. The highest BCUT2D eigenvalue weighted by Crippen LogP contribution is 2.19. The summed E-state index contributed by atoms with van der Waals surface area (Å²) in [5.74, 6) is 0. The van der Waals surface area contributed by atoms with Gasteiger partial charge < -0.3 is 15.0 Å². The van der Waals surface area contributed by atoms with Gasteiger partial charge in [0.25, 0.3) is 0 Å². The molecule has 0 radical (unpaired) electrons. The number of hydrogen-bond donors (Lipinski definition) is 1. The normalized spacial score (nSPS) is 16.5. The predicted octanol–water partition coefficient (Wildman–Crippen LogP) is 2.66. The Labute approximate surface area is 154 Å². The third kappa shape index (κ3) is 4.82. The second-order valence-corrected chi connectivity index (χ2v) is 6.72. The van der Waals surface area contributed by atoms with Crippen LogP contribution in [0.4, 0.5) is 4.79 Å². The molecule has 1 N–H and O–H groups in total. The van der Waals surface area contributed by atoms with Gasteiger partial charge in [0, 0.05) is 44.3 Å². The summed E-state index contributed by atoms with van der Waals surface area (Å²) in [6.45, 7) is 4.07. The van der Waals surface area contributed by atoms with Gasteiger partial charge in [0.1, 0.15) is 0 Å². The van der Waals surface area contributed by atoms with Crippen LogP contribution in [0.15, 0.2) is 36.9 Å².